The molecule has 2 aliphatic rings. The van der Waals surface area contributed by atoms with Gasteiger partial charge in [0.05, 0.1) is 18.3 Å². The Morgan fingerprint density at radius 2 is 1.92 bits per heavy atom. The Balaban J connectivity index is 1.39. The van der Waals surface area contributed by atoms with Crippen molar-refractivity contribution < 1.29 is 18.8 Å². The summed E-state index contributed by atoms with van der Waals surface area (Å²) >= 11 is 0. The van der Waals surface area contributed by atoms with Gasteiger partial charge >= 0.3 is 0 Å². The van der Waals surface area contributed by atoms with Crippen LogP contribution in [0.5, 0.6) is 0 Å². The Morgan fingerprint density at radius 1 is 1.13 bits per heavy atom. The van der Waals surface area contributed by atoms with E-state index in [1.165, 1.54) is 6.20 Å². The molecule has 4 heterocycles. The summed E-state index contributed by atoms with van der Waals surface area (Å²) in [5.41, 5.74) is 1.81. The van der Waals surface area contributed by atoms with E-state index in [0.717, 1.165) is 55.5 Å². The zero-order valence-corrected chi connectivity index (χ0v) is 21.8. The fourth-order valence-electron chi connectivity index (χ4n) is 4.95. The number of amides is 3. The number of carbonyl (C=O) groups is 3. The van der Waals surface area contributed by atoms with Crippen LogP contribution in [-0.2, 0) is 16.6 Å². The van der Waals surface area contributed by atoms with Crippen molar-refractivity contribution in [1.82, 2.24) is 24.9 Å². The van der Waals surface area contributed by atoms with Crippen molar-refractivity contribution in [2.24, 2.45) is 12.0 Å². The Kier molecular flexibility index (Phi) is 7.43. The monoisotopic (exact) mass is 519 g/mol. The van der Waals surface area contributed by atoms with Crippen LogP contribution < -0.4 is 10.6 Å². The minimum atomic E-state index is -0.722. The maximum absolute atomic E-state index is 13.5. The topological polar surface area (TPSA) is 125 Å². The lowest BCUT2D eigenvalue weighted by Gasteiger charge is -2.25. The van der Waals surface area contributed by atoms with Crippen LogP contribution in [0.2, 0.25) is 0 Å². The van der Waals surface area contributed by atoms with Gasteiger partial charge in [-0.2, -0.15) is 5.10 Å². The first kappa shape index (κ1) is 25.5. The zero-order chi connectivity index (χ0) is 26.6. The highest BCUT2D eigenvalue weighted by molar-refractivity contribution is 6.10. The molecular formula is C27H33N7O4. The molecule has 3 amide bonds. The number of benzene rings is 1. The Bertz CT molecular complexity index is 1370. The van der Waals surface area contributed by atoms with Gasteiger partial charge < -0.3 is 19.5 Å². The number of likely N-dealkylation sites (tertiary alicyclic amines) is 2. The summed E-state index contributed by atoms with van der Waals surface area (Å²) < 4.78 is 7.20. The lowest BCUT2D eigenvalue weighted by atomic mass is 10.1. The molecule has 2 saturated heterocycles. The van der Waals surface area contributed by atoms with Gasteiger partial charge in [-0.1, -0.05) is 0 Å². The molecule has 38 heavy (non-hydrogen) atoms. The van der Waals surface area contributed by atoms with Crippen LogP contribution in [0.3, 0.4) is 0 Å². The number of rotatable bonds is 5. The molecular weight excluding hydrogens is 486 g/mol. The minimum absolute atomic E-state index is 0.0209. The van der Waals surface area contributed by atoms with Gasteiger partial charge in [0.1, 0.15) is 17.4 Å². The SMILES string of the molecule is Cc1cc2cc(NC(=NC3CCCCN(CC(=O)N4CCCC4)C3=O)NC(=O)c3cnn(C)c3)ccc2o1. The molecule has 200 valence electrons. The number of nitrogens with zero attached hydrogens (tertiary/aromatic N) is 5. The number of furan rings is 1. The van der Waals surface area contributed by atoms with Gasteiger partial charge in [-0.05, 0) is 63.3 Å². The smallest absolute Gasteiger partial charge is 0.261 e. The summed E-state index contributed by atoms with van der Waals surface area (Å²) in [6.07, 6.45) is 7.20. The van der Waals surface area contributed by atoms with E-state index in [1.54, 1.807) is 22.8 Å². The summed E-state index contributed by atoms with van der Waals surface area (Å²) in [6.45, 7) is 3.96. The van der Waals surface area contributed by atoms with Crippen molar-refractivity contribution in [3.05, 3.63) is 48.0 Å². The Labute approximate surface area is 220 Å². The second-order valence-corrected chi connectivity index (χ2v) is 9.93. The van der Waals surface area contributed by atoms with Gasteiger partial charge in [0.2, 0.25) is 17.8 Å². The van der Waals surface area contributed by atoms with Crippen LogP contribution in [0.15, 0.2) is 46.1 Å². The third-order valence-corrected chi connectivity index (χ3v) is 6.92. The van der Waals surface area contributed by atoms with E-state index >= 15 is 0 Å². The predicted molar refractivity (Wildman–Crippen MR) is 143 cm³/mol. The summed E-state index contributed by atoms with van der Waals surface area (Å²) in [6, 6.07) is 6.77. The summed E-state index contributed by atoms with van der Waals surface area (Å²) in [5, 5.41) is 11.0. The van der Waals surface area contributed by atoms with Crippen molar-refractivity contribution in [1.29, 1.82) is 0 Å². The second kappa shape index (κ2) is 11.1. The molecule has 2 aliphatic heterocycles. The van der Waals surface area contributed by atoms with Crippen LogP contribution in [0.1, 0.15) is 48.2 Å². The molecule has 11 nitrogen and oxygen atoms in total. The van der Waals surface area contributed by atoms with Crippen LogP contribution in [0, 0.1) is 6.92 Å². The fourth-order valence-corrected chi connectivity index (χ4v) is 4.95. The number of anilines is 1. The molecule has 1 unspecified atom stereocenters. The molecule has 0 radical (unpaired) electrons. The fraction of sp³-hybridized carbons (Fsp3) is 0.444. The highest BCUT2D eigenvalue weighted by atomic mass is 16.3. The molecule has 3 aromatic rings. The first-order valence-electron chi connectivity index (χ1n) is 13.1. The van der Waals surface area contributed by atoms with Crippen molar-refractivity contribution in [2.45, 2.75) is 45.1 Å². The average molecular weight is 520 g/mol. The zero-order valence-electron chi connectivity index (χ0n) is 21.8. The first-order valence-corrected chi connectivity index (χ1v) is 13.1. The number of carbonyl (C=O) groups excluding carboxylic acids is 3. The molecule has 2 aromatic heterocycles. The first-order chi connectivity index (χ1) is 18.4. The lowest BCUT2D eigenvalue weighted by molar-refractivity contribution is -0.140. The molecule has 0 aliphatic carbocycles. The lowest BCUT2D eigenvalue weighted by Crippen LogP contribution is -2.45. The summed E-state index contributed by atoms with van der Waals surface area (Å²) in [5.74, 6) is 0.332. The maximum Gasteiger partial charge on any atom is 0.261 e. The third kappa shape index (κ3) is 5.87. The maximum atomic E-state index is 13.5. The van der Waals surface area contributed by atoms with Gasteiger partial charge in [-0.15, -0.1) is 0 Å². The van der Waals surface area contributed by atoms with Gasteiger partial charge in [-0.3, -0.25) is 24.4 Å². The van der Waals surface area contributed by atoms with E-state index in [0.29, 0.717) is 24.2 Å². The largest absolute Gasteiger partial charge is 0.461 e. The Morgan fingerprint density at radius 3 is 2.68 bits per heavy atom. The van der Waals surface area contributed by atoms with Gasteiger partial charge in [-0.25, -0.2) is 4.99 Å². The quantitative estimate of drug-likeness (QED) is 0.394. The van der Waals surface area contributed by atoms with Crippen molar-refractivity contribution in [3.63, 3.8) is 0 Å². The van der Waals surface area contributed by atoms with E-state index in [-0.39, 0.29) is 24.3 Å². The highest BCUT2D eigenvalue weighted by Gasteiger charge is 2.30. The van der Waals surface area contributed by atoms with Crippen LogP contribution in [-0.4, -0.2) is 75.5 Å². The molecule has 0 bridgehead atoms. The molecule has 1 aromatic carbocycles. The van der Waals surface area contributed by atoms with Gasteiger partial charge in [0.25, 0.3) is 5.91 Å². The van der Waals surface area contributed by atoms with Gasteiger partial charge in [0.15, 0.2) is 0 Å². The van der Waals surface area contributed by atoms with Crippen molar-refractivity contribution >= 4 is 40.3 Å². The molecule has 11 heteroatoms. The number of aryl methyl sites for hydroxylation is 2. The molecule has 5 rings (SSSR count). The summed E-state index contributed by atoms with van der Waals surface area (Å²) in [7, 11) is 1.73. The van der Waals surface area contributed by atoms with Gasteiger partial charge in [0, 0.05) is 44.0 Å². The number of hydrogen-bond acceptors (Lipinski definition) is 6. The van der Waals surface area contributed by atoms with Crippen molar-refractivity contribution in [3.8, 4) is 0 Å². The van der Waals surface area contributed by atoms with E-state index in [1.807, 2.05) is 36.1 Å². The molecule has 2 N–H and O–H groups in total. The van der Waals surface area contributed by atoms with E-state index < -0.39 is 11.9 Å². The number of hydrogen-bond donors (Lipinski definition) is 2. The standard InChI is InChI=1S/C27H33N7O4/c1-18-13-19-14-21(8-9-23(19)38-18)29-27(31-25(36)20-15-28-32(2)16-20)30-22-7-3-4-12-34(26(22)37)17-24(35)33-10-5-6-11-33/h8-9,13-16,22H,3-7,10-12,17H2,1-2H3,(H2,29,30,31,36). The van der Waals surface area contributed by atoms with Crippen LogP contribution >= 0.6 is 0 Å². The van der Waals surface area contributed by atoms with E-state index in [9.17, 15) is 14.4 Å². The number of nitrogens with one attached hydrogen (secondary N) is 2. The average Bonchev–Trinajstić information content (AvgIpc) is 3.63. The second-order valence-electron chi connectivity index (χ2n) is 9.93. The molecule has 0 saturated carbocycles. The normalized spacial score (nSPS) is 18.6. The number of fused-ring (bicyclic) bond motifs is 1. The number of guanidine groups is 1. The minimum Gasteiger partial charge on any atom is -0.461 e. The molecule has 2 fully saturated rings. The predicted octanol–water partition coefficient (Wildman–Crippen LogP) is 2.68. The number of aliphatic imine (C=N–C) groups is 1. The van der Waals surface area contributed by atoms with Crippen molar-refractivity contribution in [2.75, 3.05) is 31.5 Å². The van der Waals surface area contributed by atoms with E-state index in [4.69, 9.17) is 9.41 Å². The van der Waals surface area contributed by atoms with Crippen LogP contribution in [0.25, 0.3) is 11.0 Å². The summed E-state index contributed by atoms with van der Waals surface area (Å²) in [4.78, 5) is 47.4. The van der Waals surface area contributed by atoms with Crippen LogP contribution in [0.4, 0.5) is 5.69 Å². The third-order valence-electron chi connectivity index (χ3n) is 6.92. The van der Waals surface area contributed by atoms with E-state index in [2.05, 4.69) is 15.7 Å². The number of aromatic nitrogens is 2. The molecule has 1 atom stereocenters. The highest BCUT2D eigenvalue weighted by Crippen LogP contribution is 2.23. The Hall–Kier alpha value is -4.15. The molecule has 0 spiro atoms.